The van der Waals surface area contributed by atoms with Crippen molar-refractivity contribution in [2.24, 2.45) is 10.9 Å². The Balaban J connectivity index is 2.30. The van der Waals surface area contributed by atoms with E-state index in [1.54, 1.807) is 20.8 Å². The molecule has 0 N–H and O–H groups in total. The van der Waals surface area contributed by atoms with Crippen molar-refractivity contribution in [3.8, 4) is 0 Å². The van der Waals surface area contributed by atoms with Crippen molar-refractivity contribution in [2.75, 3.05) is 0 Å². The smallest absolute Gasteiger partial charge is 0.433 e. The fourth-order valence-electron chi connectivity index (χ4n) is 2.24. The third-order valence-corrected chi connectivity index (χ3v) is 3.54. The van der Waals surface area contributed by atoms with E-state index >= 15 is 0 Å². The van der Waals surface area contributed by atoms with E-state index < -0.39 is 35.8 Å². The molecule has 1 aromatic rings. The summed E-state index contributed by atoms with van der Waals surface area (Å²) < 4.78 is 57.2. The molecule has 1 amide bonds. The molecule has 0 saturated carbocycles. The van der Waals surface area contributed by atoms with Crippen molar-refractivity contribution in [2.45, 2.75) is 45.4 Å². The number of rotatable bonds is 3. The van der Waals surface area contributed by atoms with E-state index in [0.29, 0.717) is 6.29 Å². The number of dihydropyridines is 1. The number of nitrogens with zero attached hydrogens (tertiary/aromatic N) is 3. The number of pyridine rings is 1. The van der Waals surface area contributed by atoms with E-state index in [0.717, 1.165) is 23.2 Å². The van der Waals surface area contributed by atoms with Gasteiger partial charge in [0.2, 0.25) is 6.30 Å². The van der Waals surface area contributed by atoms with E-state index in [4.69, 9.17) is 4.74 Å². The van der Waals surface area contributed by atoms with Gasteiger partial charge in [-0.05, 0) is 38.5 Å². The minimum absolute atomic E-state index is 0.111. The molecule has 0 radical (unpaired) electrons. The highest BCUT2D eigenvalue weighted by Gasteiger charge is 2.33. The number of hydrogen-bond donors (Lipinski definition) is 0. The summed E-state index contributed by atoms with van der Waals surface area (Å²) in [4.78, 5) is 31.4. The van der Waals surface area contributed by atoms with Crippen molar-refractivity contribution in [3.05, 3.63) is 41.7 Å². The minimum Gasteiger partial charge on any atom is -0.443 e. The topological polar surface area (TPSA) is 71.9 Å². The lowest BCUT2D eigenvalue weighted by molar-refractivity contribution is -0.141. The molecule has 28 heavy (non-hydrogen) atoms. The van der Waals surface area contributed by atoms with Crippen molar-refractivity contribution >= 4 is 18.2 Å². The Morgan fingerprint density at radius 2 is 1.96 bits per heavy atom. The third kappa shape index (κ3) is 5.61. The molecule has 10 heteroatoms. The molecular formula is C18H19F4N3O3. The minimum atomic E-state index is -4.59. The fraction of sp³-hybridized carbons (Fsp3) is 0.444. The van der Waals surface area contributed by atoms with Crippen molar-refractivity contribution in [1.29, 1.82) is 0 Å². The zero-order chi connectivity index (χ0) is 21.1. The summed E-state index contributed by atoms with van der Waals surface area (Å²) in [7, 11) is 0. The molecule has 2 unspecified atom stereocenters. The van der Waals surface area contributed by atoms with Crippen molar-refractivity contribution < 1.29 is 31.9 Å². The maximum Gasteiger partial charge on any atom is 0.433 e. The number of ether oxygens (including phenoxy) is 1. The van der Waals surface area contributed by atoms with Crippen LogP contribution >= 0.6 is 0 Å². The van der Waals surface area contributed by atoms with Gasteiger partial charge in [-0.15, -0.1) is 0 Å². The van der Waals surface area contributed by atoms with Crippen LogP contribution in [0.5, 0.6) is 0 Å². The van der Waals surface area contributed by atoms with Gasteiger partial charge >= 0.3 is 12.3 Å². The summed E-state index contributed by atoms with van der Waals surface area (Å²) in [6, 6.07) is 1.93. The third-order valence-electron chi connectivity index (χ3n) is 3.54. The summed E-state index contributed by atoms with van der Waals surface area (Å²) in [5, 5.41) is 0. The SMILES string of the molecule is CC(C)(C)OC(=O)N(Cc1ccc(C(F)(F)F)nc1)C1=NC(F)C(C=O)C=C1. The van der Waals surface area contributed by atoms with Gasteiger partial charge in [0.05, 0.1) is 12.5 Å². The molecule has 1 aliphatic rings. The van der Waals surface area contributed by atoms with Gasteiger partial charge in [-0.3, -0.25) is 9.88 Å². The Kier molecular flexibility index (Phi) is 6.20. The van der Waals surface area contributed by atoms with Crippen LogP contribution in [0, 0.1) is 5.92 Å². The molecular weight excluding hydrogens is 382 g/mol. The van der Waals surface area contributed by atoms with E-state index in [1.165, 1.54) is 12.2 Å². The molecule has 2 rings (SSSR count). The van der Waals surface area contributed by atoms with E-state index in [-0.39, 0.29) is 17.9 Å². The van der Waals surface area contributed by atoms with E-state index in [1.807, 2.05) is 0 Å². The number of alkyl halides is 4. The van der Waals surface area contributed by atoms with Gasteiger partial charge in [0, 0.05) is 6.20 Å². The van der Waals surface area contributed by atoms with Crippen LogP contribution < -0.4 is 0 Å². The number of carbonyl (C=O) groups is 2. The first-order valence-corrected chi connectivity index (χ1v) is 8.29. The molecule has 0 aliphatic carbocycles. The number of amides is 1. The number of halogens is 4. The molecule has 2 atom stereocenters. The quantitative estimate of drug-likeness (QED) is 0.437. The molecule has 0 spiro atoms. The van der Waals surface area contributed by atoms with Gasteiger partial charge in [-0.2, -0.15) is 13.2 Å². The average molecular weight is 401 g/mol. The number of aromatic nitrogens is 1. The predicted molar refractivity (Wildman–Crippen MR) is 92.0 cm³/mol. The molecule has 1 aliphatic heterocycles. The summed E-state index contributed by atoms with van der Waals surface area (Å²) in [6.45, 7) is 4.63. The number of amidine groups is 1. The van der Waals surface area contributed by atoms with Crippen LogP contribution in [-0.4, -0.2) is 40.0 Å². The van der Waals surface area contributed by atoms with Crippen LogP contribution in [0.2, 0.25) is 0 Å². The number of carbonyl (C=O) groups excluding carboxylic acids is 2. The molecule has 0 aromatic carbocycles. The second-order valence-corrected chi connectivity index (χ2v) is 7.05. The number of aldehydes is 1. The number of hydrogen-bond acceptors (Lipinski definition) is 5. The van der Waals surface area contributed by atoms with Crippen LogP contribution in [0.3, 0.4) is 0 Å². The standard InChI is InChI=1S/C18H19F4N3O3/c1-17(2,3)28-16(27)25(14-7-5-12(10-26)15(19)24-14)9-11-4-6-13(23-8-11)18(20,21)22/h4-8,10,12,15H,9H2,1-3H3. The Labute approximate surface area is 158 Å². The first kappa shape index (κ1) is 21.5. The van der Waals surface area contributed by atoms with Gasteiger partial charge in [0.1, 0.15) is 23.4 Å². The fourth-order valence-corrected chi connectivity index (χ4v) is 2.24. The highest BCUT2D eigenvalue weighted by Crippen LogP contribution is 2.27. The van der Waals surface area contributed by atoms with Crippen molar-refractivity contribution in [3.63, 3.8) is 0 Å². The molecule has 0 fully saturated rings. The summed E-state index contributed by atoms with van der Waals surface area (Å²) in [5.74, 6) is -1.18. The molecule has 152 valence electrons. The zero-order valence-electron chi connectivity index (χ0n) is 15.4. The van der Waals surface area contributed by atoms with Gasteiger partial charge in [0.15, 0.2) is 0 Å². The van der Waals surface area contributed by atoms with Crippen LogP contribution in [0.15, 0.2) is 35.5 Å². The second-order valence-electron chi connectivity index (χ2n) is 7.05. The molecule has 6 nitrogen and oxygen atoms in total. The van der Waals surface area contributed by atoms with E-state index in [9.17, 15) is 27.2 Å². The summed E-state index contributed by atoms with van der Waals surface area (Å²) >= 11 is 0. The lowest BCUT2D eigenvalue weighted by Gasteiger charge is -2.29. The average Bonchev–Trinajstić information content (AvgIpc) is 2.57. The van der Waals surface area contributed by atoms with Gasteiger partial charge < -0.3 is 9.53 Å². The highest BCUT2D eigenvalue weighted by molar-refractivity contribution is 6.03. The normalized spacial score (nSPS) is 19.8. The first-order chi connectivity index (χ1) is 12.9. The monoisotopic (exact) mass is 401 g/mol. The Morgan fingerprint density at radius 1 is 1.29 bits per heavy atom. The lowest BCUT2D eigenvalue weighted by atomic mass is 10.1. The van der Waals surface area contributed by atoms with Gasteiger partial charge in [-0.1, -0.05) is 12.1 Å². The van der Waals surface area contributed by atoms with Crippen LogP contribution in [0.25, 0.3) is 0 Å². The van der Waals surface area contributed by atoms with Gasteiger partial charge in [-0.25, -0.2) is 14.2 Å². The van der Waals surface area contributed by atoms with Crippen molar-refractivity contribution in [1.82, 2.24) is 9.88 Å². The Bertz CT molecular complexity index is 783. The predicted octanol–water partition coefficient (Wildman–Crippen LogP) is 3.92. The Morgan fingerprint density at radius 3 is 2.43 bits per heavy atom. The molecule has 0 bridgehead atoms. The maximum absolute atomic E-state index is 14.0. The Hall–Kier alpha value is -2.78. The highest BCUT2D eigenvalue weighted by atomic mass is 19.4. The second kappa shape index (κ2) is 8.07. The molecule has 2 heterocycles. The van der Waals surface area contributed by atoms with Gasteiger partial charge in [0.25, 0.3) is 0 Å². The lowest BCUT2D eigenvalue weighted by Crippen LogP contribution is -2.41. The maximum atomic E-state index is 14.0. The summed E-state index contributed by atoms with van der Waals surface area (Å²) in [6.07, 6.45) is -3.45. The van der Waals surface area contributed by atoms with Crippen LogP contribution in [0.1, 0.15) is 32.0 Å². The van der Waals surface area contributed by atoms with Crippen LogP contribution in [0.4, 0.5) is 22.4 Å². The van der Waals surface area contributed by atoms with E-state index in [2.05, 4.69) is 9.98 Å². The molecule has 1 aromatic heterocycles. The van der Waals surface area contributed by atoms with Crippen LogP contribution in [-0.2, 0) is 22.3 Å². The first-order valence-electron chi connectivity index (χ1n) is 8.29. The zero-order valence-corrected chi connectivity index (χ0v) is 15.4. The largest absolute Gasteiger partial charge is 0.443 e. The molecule has 0 saturated heterocycles. The number of aliphatic imine (C=N–C) groups is 1. The summed E-state index contributed by atoms with van der Waals surface area (Å²) in [5.41, 5.74) is -1.69.